The number of hydrogen-bond donors (Lipinski definition) is 0. The molecule has 0 saturated carbocycles. The van der Waals surface area contributed by atoms with E-state index in [1.807, 2.05) is 0 Å². The predicted octanol–water partition coefficient (Wildman–Crippen LogP) is 2.49. The quantitative estimate of drug-likeness (QED) is 0.596. The molecule has 1 unspecified atom stereocenters. The van der Waals surface area contributed by atoms with Crippen LogP contribution in [-0.4, -0.2) is 29.9 Å². The van der Waals surface area contributed by atoms with Crippen molar-refractivity contribution in [2.75, 3.05) is 19.6 Å². The number of likely N-dealkylation sites (tertiary alicyclic amines) is 1. The first-order valence-corrected chi connectivity index (χ1v) is 5.09. The van der Waals surface area contributed by atoms with E-state index in [1.165, 1.54) is 38.9 Å². The fraction of sp³-hybridized carbons (Fsp3) is 1.00. The second kappa shape index (κ2) is 5.00. The summed E-state index contributed by atoms with van der Waals surface area (Å²) in [6.07, 6.45) is 5.34. The van der Waals surface area contributed by atoms with Gasteiger partial charge in [-0.25, -0.2) is 0 Å². The molecule has 1 heterocycles. The van der Waals surface area contributed by atoms with E-state index in [2.05, 4.69) is 11.8 Å². The summed E-state index contributed by atoms with van der Waals surface area (Å²) in [6, 6.07) is 0. The molecule has 0 aromatic heterocycles. The molecule has 2 heteroatoms. The summed E-state index contributed by atoms with van der Waals surface area (Å²) in [5.74, 6) is 0. The molecule has 1 aliphatic rings. The van der Waals surface area contributed by atoms with Crippen molar-refractivity contribution < 1.29 is 0 Å². The van der Waals surface area contributed by atoms with Crippen molar-refractivity contribution in [2.24, 2.45) is 0 Å². The molecule has 0 spiro atoms. The lowest BCUT2D eigenvalue weighted by atomic mass is 10.1. The molecule has 1 atom stereocenters. The molecule has 1 nitrogen and oxygen atoms in total. The van der Waals surface area contributed by atoms with Gasteiger partial charge in [0.1, 0.15) is 0 Å². The molecular weight excluding hydrogens is 158 g/mol. The van der Waals surface area contributed by atoms with E-state index in [-0.39, 0.29) is 0 Å². The fourth-order valence-electron chi connectivity index (χ4n) is 1.54. The SMILES string of the molecule is CC(Cl)CCN1CCCCC1. The minimum Gasteiger partial charge on any atom is -0.303 e. The highest BCUT2D eigenvalue weighted by Crippen LogP contribution is 2.10. The van der Waals surface area contributed by atoms with Gasteiger partial charge in [-0.1, -0.05) is 6.42 Å². The van der Waals surface area contributed by atoms with Crippen LogP contribution in [0.1, 0.15) is 32.6 Å². The number of piperidine rings is 1. The number of rotatable bonds is 3. The summed E-state index contributed by atoms with van der Waals surface area (Å²) in [7, 11) is 0. The van der Waals surface area contributed by atoms with Crippen molar-refractivity contribution in [1.29, 1.82) is 0 Å². The Morgan fingerprint density at radius 2 is 1.91 bits per heavy atom. The lowest BCUT2D eigenvalue weighted by Crippen LogP contribution is -2.31. The minimum atomic E-state index is 0.344. The second-order valence-corrected chi connectivity index (χ2v) is 4.22. The van der Waals surface area contributed by atoms with Crippen LogP contribution >= 0.6 is 11.6 Å². The van der Waals surface area contributed by atoms with Crippen molar-refractivity contribution in [3.8, 4) is 0 Å². The molecule has 0 aromatic rings. The molecule has 0 bridgehead atoms. The van der Waals surface area contributed by atoms with Gasteiger partial charge in [0, 0.05) is 5.38 Å². The average molecular weight is 176 g/mol. The van der Waals surface area contributed by atoms with Gasteiger partial charge >= 0.3 is 0 Å². The van der Waals surface area contributed by atoms with Crippen LogP contribution < -0.4 is 0 Å². The Morgan fingerprint density at radius 3 is 2.45 bits per heavy atom. The number of hydrogen-bond acceptors (Lipinski definition) is 1. The normalized spacial score (nSPS) is 23.5. The van der Waals surface area contributed by atoms with Crippen molar-refractivity contribution >= 4 is 11.6 Å². The Bertz CT molecular complexity index is 97.7. The number of alkyl halides is 1. The topological polar surface area (TPSA) is 3.24 Å². The van der Waals surface area contributed by atoms with E-state index in [1.54, 1.807) is 0 Å². The summed E-state index contributed by atoms with van der Waals surface area (Å²) < 4.78 is 0. The van der Waals surface area contributed by atoms with E-state index >= 15 is 0 Å². The van der Waals surface area contributed by atoms with Gasteiger partial charge in [-0.05, 0) is 45.8 Å². The Morgan fingerprint density at radius 1 is 1.27 bits per heavy atom. The Hall–Kier alpha value is 0.250. The highest BCUT2D eigenvalue weighted by molar-refractivity contribution is 6.20. The van der Waals surface area contributed by atoms with E-state index < -0.39 is 0 Å². The molecule has 0 N–H and O–H groups in total. The third-order valence-corrected chi connectivity index (χ3v) is 2.51. The summed E-state index contributed by atoms with van der Waals surface area (Å²) in [4.78, 5) is 2.53. The van der Waals surface area contributed by atoms with E-state index in [9.17, 15) is 0 Å². The number of halogens is 1. The fourth-order valence-corrected chi connectivity index (χ4v) is 1.64. The van der Waals surface area contributed by atoms with Gasteiger partial charge in [0.05, 0.1) is 0 Å². The maximum atomic E-state index is 5.87. The first-order chi connectivity index (χ1) is 5.29. The summed E-state index contributed by atoms with van der Waals surface area (Å²) in [5.41, 5.74) is 0. The highest BCUT2D eigenvalue weighted by atomic mass is 35.5. The van der Waals surface area contributed by atoms with Crippen molar-refractivity contribution in [2.45, 2.75) is 38.0 Å². The van der Waals surface area contributed by atoms with Crippen LogP contribution in [0.25, 0.3) is 0 Å². The lowest BCUT2D eigenvalue weighted by Gasteiger charge is -2.26. The molecule has 0 radical (unpaired) electrons. The summed E-state index contributed by atoms with van der Waals surface area (Å²) in [5, 5.41) is 0.344. The highest BCUT2D eigenvalue weighted by Gasteiger charge is 2.09. The van der Waals surface area contributed by atoms with Crippen LogP contribution in [0.5, 0.6) is 0 Å². The molecule has 1 aliphatic heterocycles. The Kier molecular flexibility index (Phi) is 4.24. The predicted molar refractivity (Wildman–Crippen MR) is 50.2 cm³/mol. The Labute approximate surface area is 74.7 Å². The van der Waals surface area contributed by atoms with Gasteiger partial charge in [-0.15, -0.1) is 11.6 Å². The summed E-state index contributed by atoms with van der Waals surface area (Å²) >= 11 is 5.87. The van der Waals surface area contributed by atoms with Crippen LogP contribution in [0.3, 0.4) is 0 Å². The van der Waals surface area contributed by atoms with E-state index in [0.717, 1.165) is 6.42 Å². The average Bonchev–Trinajstić information content (AvgIpc) is 2.03. The number of nitrogens with zero attached hydrogens (tertiary/aromatic N) is 1. The van der Waals surface area contributed by atoms with Crippen LogP contribution in [0.4, 0.5) is 0 Å². The summed E-state index contributed by atoms with van der Waals surface area (Å²) in [6.45, 7) is 5.86. The first kappa shape index (κ1) is 9.34. The monoisotopic (exact) mass is 175 g/mol. The van der Waals surface area contributed by atoms with Crippen LogP contribution in [0, 0.1) is 0 Å². The van der Waals surface area contributed by atoms with Gasteiger partial charge < -0.3 is 4.90 Å². The smallest absolute Gasteiger partial charge is 0.0320 e. The molecule has 66 valence electrons. The van der Waals surface area contributed by atoms with Crippen molar-refractivity contribution in [3.05, 3.63) is 0 Å². The zero-order chi connectivity index (χ0) is 8.10. The maximum Gasteiger partial charge on any atom is 0.0320 e. The molecule has 0 aliphatic carbocycles. The van der Waals surface area contributed by atoms with Crippen molar-refractivity contribution in [1.82, 2.24) is 4.90 Å². The van der Waals surface area contributed by atoms with Crippen LogP contribution in [0.15, 0.2) is 0 Å². The largest absolute Gasteiger partial charge is 0.303 e. The Balaban J connectivity index is 2.05. The molecule has 0 amide bonds. The van der Waals surface area contributed by atoms with Crippen LogP contribution in [-0.2, 0) is 0 Å². The van der Waals surface area contributed by atoms with Gasteiger partial charge in [-0.2, -0.15) is 0 Å². The lowest BCUT2D eigenvalue weighted by molar-refractivity contribution is 0.226. The molecule has 1 saturated heterocycles. The van der Waals surface area contributed by atoms with E-state index in [0.29, 0.717) is 5.38 Å². The third-order valence-electron chi connectivity index (χ3n) is 2.29. The molecule has 11 heavy (non-hydrogen) atoms. The molecular formula is C9H18ClN. The molecule has 1 rings (SSSR count). The van der Waals surface area contributed by atoms with Gasteiger partial charge in [0.2, 0.25) is 0 Å². The molecule has 0 aromatic carbocycles. The van der Waals surface area contributed by atoms with Crippen LogP contribution in [0.2, 0.25) is 0 Å². The zero-order valence-corrected chi connectivity index (χ0v) is 8.11. The zero-order valence-electron chi connectivity index (χ0n) is 7.35. The van der Waals surface area contributed by atoms with Gasteiger partial charge in [0.15, 0.2) is 0 Å². The van der Waals surface area contributed by atoms with Gasteiger partial charge in [-0.3, -0.25) is 0 Å². The molecule has 1 fully saturated rings. The maximum absolute atomic E-state index is 5.87. The van der Waals surface area contributed by atoms with Crippen molar-refractivity contribution in [3.63, 3.8) is 0 Å². The third kappa shape index (κ3) is 3.97. The first-order valence-electron chi connectivity index (χ1n) is 4.65. The second-order valence-electron chi connectivity index (χ2n) is 3.47. The van der Waals surface area contributed by atoms with Gasteiger partial charge in [0.25, 0.3) is 0 Å². The standard InChI is InChI=1S/C9H18ClN/c1-9(10)5-8-11-6-3-2-4-7-11/h9H,2-8H2,1H3. The minimum absolute atomic E-state index is 0.344. The van der Waals surface area contributed by atoms with E-state index in [4.69, 9.17) is 11.6 Å².